The molecule has 2 heterocycles. The van der Waals surface area contributed by atoms with Gasteiger partial charge in [-0.3, -0.25) is 4.79 Å². The summed E-state index contributed by atoms with van der Waals surface area (Å²) in [5.74, 6) is 0.585. The lowest BCUT2D eigenvalue weighted by atomic mass is 9.92. The molecule has 1 aromatic heterocycles. The number of aromatic nitrogens is 2. The average Bonchev–Trinajstić information content (AvgIpc) is 2.95. The van der Waals surface area contributed by atoms with Crippen molar-refractivity contribution in [3.8, 4) is 17.0 Å². The third-order valence-electron chi connectivity index (χ3n) is 7.21. The quantitative estimate of drug-likeness (QED) is 0.377. The van der Waals surface area contributed by atoms with Crippen molar-refractivity contribution in [1.29, 1.82) is 0 Å². The number of hydrogen-bond donors (Lipinski definition) is 0. The van der Waals surface area contributed by atoms with Crippen molar-refractivity contribution in [3.63, 3.8) is 0 Å². The highest BCUT2D eigenvalue weighted by Crippen LogP contribution is 2.31. The molecule has 5 rings (SSSR count). The van der Waals surface area contributed by atoms with Crippen molar-refractivity contribution in [2.75, 3.05) is 25.1 Å². The first-order valence-corrected chi connectivity index (χ1v) is 13.1. The Morgan fingerprint density at radius 3 is 2.79 bits per heavy atom. The van der Waals surface area contributed by atoms with E-state index in [0.29, 0.717) is 23.8 Å². The molecule has 0 saturated carbocycles. The maximum atomic E-state index is 15.1. The van der Waals surface area contributed by atoms with E-state index in [9.17, 15) is 4.79 Å². The molecule has 0 atom stereocenters. The molecule has 1 aliphatic carbocycles. The molecular weight excluding hydrogens is 479 g/mol. The van der Waals surface area contributed by atoms with Gasteiger partial charge >= 0.3 is 0 Å². The molecule has 196 valence electrons. The average molecular weight is 513 g/mol. The van der Waals surface area contributed by atoms with Gasteiger partial charge in [0.1, 0.15) is 11.6 Å². The maximum Gasteiger partial charge on any atom is 0.258 e. The highest BCUT2D eigenvalue weighted by molar-refractivity contribution is 6.00. The van der Waals surface area contributed by atoms with Crippen LogP contribution in [0.4, 0.5) is 10.3 Å². The van der Waals surface area contributed by atoms with Gasteiger partial charge in [-0.15, -0.1) is 0 Å². The zero-order valence-corrected chi connectivity index (χ0v) is 22.2. The molecule has 0 radical (unpaired) electrons. The highest BCUT2D eigenvalue weighted by Gasteiger charge is 2.27. The van der Waals surface area contributed by atoms with Crippen LogP contribution in [0.2, 0.25) is 0 Å². The van der Waals surface area contributed by atoms with Crippen LogP contribution in [0.25, 0.3) is 11.3 Å². The first-order chi connectivity index (χ1) is 18.4. The Balaban J connectivity index is 1.52. The van der Waals surface area contributed by atoms with Crippen LogP contribution in [0.1, 0.15) is 49.0 Å². The molecule has 0 spiro atoms. The zero-order valence-electron chi connectivity index (χ0n) is 22.2. The third-order valence-corrected chi connectivity index (χ3v) is 7.21. The SMILES string of the molecule is COc1cccc(CN(C(=O)c2cnc(N3CCC4=C(CCC=C4)C3)nc2-c2ccccc2F)C(C)C)c1. The fraction of sp³-hybridized carbons (Fsp3) is 0.323. The lowest BCUT2D eigenvalue weighted by Crippen LogP contribution is -2.37. The van der Waals surface area contributed by atoms with E-state index in [-0.39, 0.29) is 17.5 Å². The van der Waals surface area contributed by atoms with E-state index >= 15 is 4.39 Å². The summed E-state index contributed by atoms with van der Waals surface area (Å²) in [4.78, 5) is 27.3. The van der Waals surface area contributed by atoms with Gasteiger partial charge in [-0.1, -0.05) is 36.4 Å². The smallest absolute Gasteiger partial charge is 0.258 e. The maximum absolute atomic E-state index is 15.1. The van der Waals surface area contributed by atoms with Crippen molar-refractivity contribution < 1.29 is 13.9 Å². The fourth-order valence-corrected chi connectivity index (χ4v) is 5.09. The number of allylic oxidation sites excluding steroid dienone is 2. The summed E-state index contributed by atoms with van der Waals surface area (Å²) < 4.78 is 20.4. The highest BCUT2D eigenvalue weighted by atomic mass is 19.1. The van der Waals surface area contributed by atoms with Crippen molar-refractivity contribution in [1.82, 2.24) is 14.9 Å². The van der Waals surface area contributed by atoms with E-state index in [2.05, 4.69) is 22.0 Å². The monoisotopic (exact) mass is 512 g/mol. The predicted molar refractivity (Wildman–Crippen MR) is 148 cm³/mol. The van der Waals surface area contributed by atoms with E-state index < -0.39 is 5.82 Å². The summed E-state index contributed by atoms with van der Waals surface area (Å²) in [6.07, 6.45) is 9.02. The van der Waals surface area contributed by atoms with E-state index in [1.54, 1.807) is 36.4 Å². The van der Waals surface area contributed by atoms with Gasteiger partial charge in [0.25, 0.3) is 5.91 Å². The second kappa shape index (κ2) is 11.2. The normalized spacial score (nSPS) is 15.0. The largest absolute Gasteiger partial charge is 0.497 e. The van der Waals surface area contributed by atoms with Crippen molar-refractivity contribution in [2.24, 2.45) is 0 Å². The van der Waals surface area contributed by atoms with Gasteiger partial charge in [-0.25, -0.2) is 14.4 Å². The second-order valence-electron chi connectivity index (χ2n) is 10.0. The predicted octanol–water partition coefficient (Wildman–Crippen LogP) is 6.20. The van der Waals surface area contributed by atoms with Crippen LogP contribution in [0.15, 0.2) is 78.0 Å². The van der Waals surface area contributed by atoms with Gasteiger partial charge in [0.15, 0.2) is 0 Å². The van der Waals surface area contributed by atoms with Crippen LogP contribution in [0.3, 0.4) is 0 Å². The first-order valence-electron chi connectivity index (χ1n) is 13.1. The molecule has 2 aliphatic rings. The Bertz CT molecular complexity index is 1400. The molecule has 7 heteroatoms. The molecule has 38 heavy (non-hydrogen) atoms. The number of anilines is 1. The Hall–Kier alpha value is -4.00. The number of carbonyl (C=O) groups excluding carboxylic acids is 1. The number of methoxy groups -OCH3 is 1. The lowest BCUT2D eigenvalue weighted by molar-refractivity contribution is 0.0690. The first kappa shape index (κ1) is 25.6. The molecule has 0 bridgehead atoms. The van der Waals surface area contributed by atoms with Gasteiger partial charge in [-0.2, -0.15) is 0 Å². The Morgan fingerprint density at radius 1 is 1.16 bits per heavy atom. The summed E-state index contributed by atoms with van der Waals surface area (Å²) in [6, 6.07) is 14.0. The zero-order chi connectivity index (χ0) is 26.6. The molecular formula is C31H33FN4O2. The van der Waals surface area contributed by atoms with Crippen LogP contribution in [0.5, 0.6) is 5.75 Å². The van der Waals surface area contributed by atoms with Crippen LogP contribution in [-0.2, 0) is 6.54 Å². The molecule has 2 aromatic carbocycles. The summed E-state index contributed by atoms with van der Waals surface area (Å²) in [7, 11) is 1.62. The minimum Gasteiger partial charge on any atom is -0.497 e. The number of halogens is 1. The van der Waals surface area contributed by atoms with Gasteiger partial charge in [0, 0.05) is 37.4 Å². The Morgan fingerprint density at radius 2 is 2.00 bits per heavy atom. The van der Waals surface area contributed by atoms with Crippen molar-refractivity contribution in [3.05, 3.63) is 95.0 Å². The standard InChI is InChI=1S/C31H33FN4O2/c1-21(2)36(19-22-9-8-12-25(17-22)38-3)30(37)27-18-33-31(34-29(27)26-13-6-7-14-28(26)32)35-16-15-23-10-4-5-11-24(23)20-35/h4,6-10,12-14,17-18,21H,5,11,15-16,19-20H2,1-3H3. The topological polar surface area (TPSA) is 58.6 Å². The summed E-state index contributed by atoms with van der Waals surface area (Å²) in [5.41, 5.74) is 4.64. The third kappa shape index (κ3) is 5.32. The van der Waals surface area contributed by atoms with E-state index in [1.807, 2.05) is 38.1 Å². The molecule has 1 aliphatic heterocycles. The number of amides is 1. The number of rotatable bonds is 7. The summed E-state index contributed by atoms with van der Waals surface area (Å²) in [5, 5.41) is 0. The number of hydrogen-bond acceptors (Lipinski definition) is 5. The van der Waals surface area contributed by atoms with Crippen LogP contribution >= 0.6 is 0 Å². The lowest BCUT2D eigenvalue weighted by Gasteiger charge is -2.32. The van der Waals surface area contributed by atoms with Crippen LogP contribution in [-0.4, -0.2) is 47.0 Å². The van der Waals surface area contributed by atoms with Gasteiger partial charge < -0.3 is 14.5 Å². The number of nitrogens with zero attached hydrogens (tertiary/aromatic N) is 4. The summed E-state index contributed by atoms with van der Waals surface area (Å²) >= 11 is 0. The number of benzene rings is 2. The number of carbonyl (C=O) groups is 1. The van der Waals surface area contributed by atoms with E-state index in [1.165, 1.54) is 17.2 Å². The Labute approximate surface area is 223 Å². The molecule has 1 amide bonds. The van der Waals surface area contributed by atoms with E-state index in [4.69, 9.17) is 9.72 Å². The molecule has 0 unspecified atom stereocenters. The fourth-order valence-electron chi connectivity index (χ4n) is 5.09. The van der Waals surface area contributed by atoms with Gasteiger partial charge in [0.05, 0.1) is 18.4 Å². The molecule has 0 fully saturated rings. The van der Waals surface area contributed by atoms with Crippen molar-refractivity contribution >= 4 is 11.9 Å². The molecule has 0 saturated heterocycles. The Kier molecular flexibility index (Phi) is 7.54. The second-order valence-corrected chi connectivity index (χ2v) is 10.0. The van der Waals surface area contributed by atoms with Gasteiger partial charge in [0.2, 0.25) is 5.95 Å². The minimum atomic E-state index is -0.420. The molecule has 0 N–H and O–H groups in total. The minimum absolute atomic E-state index is 0.103. The molecule has 3 aromatic rings. The van der Waals surface area contributed by atoms with Crippen molar-refractivity contribution in [2.45, 2.75) is 45.7 Å². The molecule has 6 nitrogen and oxygen atoms in total. The van der Waals surface area contributed by atoms with Crippen LogP contribution < -0.4 is 9.64 Å². The number of ether oxygens (including phenoxy) is 1. The van der Waals surface area contributed by atoms with Crippen LogP contribution in [0, 0.1) is 5.82 Å². The van der Waals surface area contributed by atoms with E-state index in [0.717, 1.165) is 43.7 Å². The summed E-state index contributed by atoms with van der Waals surface area (Å²) in [6.45, 7) is 5.84. The van der Waals surface area contributed by atoms with Gasteiger partial charge in [-0.05, 0) is 74.1 Å².